The second-order valence-corrected chi connectivity index (χ2v) is 7.97. The predicted octanol–water partition coefficient (Wildman–Crippen LogP) is 2.73. The van der Waals surface area contributed by atoms with Gasteiger partial charge < -0.3 is 14.4 Å². The number of benzene rings is 2. The molecule has 0 saturated heterocycles. The standard InChI is InChI=1S/C18H18N2O5S/c1-12(21)20(15-6-7-15)14-4-2-13(3-5-14)19-26(22,23)16-8-9-17-18(10-16)25-11-24-17/h2-5,8-10,15,19H,6-7,11H2,1H3. The highest BCUT2D eigenvalue weighted by Crippen LogP contribution is 2.35. The van der Waals surface area contributed by atoms with E-state index in [1.165, 1.54) is 19.1 Å². The van der Waals surface area contributed by atoms with Crippen LogP contribution in [0.2, 0.25) is 0 Å². The van der Waals surface area contributed by atoms with Crippen LogP contribution in [0.3, 0.4) is 0 Å². The number of nitrogens with one attached hydrogen (secondary N) is 1. The van der Waals surface area contributed by atoms with Gasteiger partial charge in [0.1, 0.15) is 0 Å². The Morgan fingerprint density at radius 3 is 2.42 bits per heavy atom. The van der Waals surface area contributed by atoms with Gasteiger partial charge in [-0.05, 0) is 49.2 Å². The van der Waals surface area contributed by atoms with Gasteiger partial charge in [-0.15, -0.1) is 0 Å². The first-order chi connectivity index (χ1) is 12.4. The van der Waals surface area contributed by atoms with E-state index in [1.807, 2.05) is 0 Å². The summed E-state index contributed by atoms with van der Waals surface area (Å²) >= 11 is 0. The van der Waals surface area contributed by atoms with E-state index in [9.17, 15) is 13.2 Å². The van der Waals surface area contributed by atoms with Crippen molar-refractivity contribution in [2.24, 2.45) is 0 Å². The van der Waals surface area contributed by atoms with E-state index in [1.54, 1.807) is 35.2 Å². The van der Waals surface area contributed by atoms with Crippen molar-refractivity contribution in [2.45, 2.75) is 30.7 Å². The van der Waals surface area contributed by atoms with Crippen molar-refractivity contribution in [3.8, 4) is 11.5 Å². The van der Waals surface area contributed by atoms with Crippen LogP contribution in [0.15, 0.2) is 47.4 Å². The number of anilines is 2. The number of fused-ring (bicyclic) bond motifs is 1. The molecule has 0 atom stereocenters. The summed E-state index contributed by atoms with van der Waals surface area (Å²) in [5, 5.41) is 0. The number of rotatable bonds is 5. The Balaban J connectivity index is 1.54. The lowest BCUT2D eigenvalue weighted by Gasteiger charge is -2.21. The summed E-state index contributed by atoms with van der Waals surface area (Å²) in [4.78, 5) is 13.6. The molecule has 1 N–H and O–H groups in total. The third-order valence-corrected chi connectivity index (χ3v) is 5.68. The maximum atomic E-state index is 12.6. The van der Waals surface area contributed by atoms with Gasteiger partial charge in [-0.3, -0.25) is 9.52 Å². The first kappa shape index (κ1) is 16.7. The number of carbonyl (C=O) groups is 1. The highest BCUT2D eigenvalue weighted by atomic mass is 32.2. The lowest BCUT2D eigenvalue weighted by Crippen LogP contribution is -2.30. The van der Waals surface area contributed by atoms with E-state index in [0.29, 0.717) is 17.2 Å². The summed E-state index contributed by atoms with van der Waals surface area (Å²) in [5.74, 6) is 0.920. The van der Waals surface area contributed by atoms with Gasteiger partial charge in [0, 0.05) is 30.4 Å². The zero-order valence-corrected chi connectivity index (χ0v) is 15.0. The summed E-state index contributed by atoms with van der Waals surface area (Å²) in [6.07, 6.45) is 2.00. The van der Waals surface area contributed by atoms with Crippen molar-refractivity contribution in [3.05, 3.63) is 42.5 Å². The molecule has 1 fully saturated rings. The van der Waals surface area contributed by atoms with Gasteiger partial charge in [-0.1, -0.05) is 0 Å². The minimum Gasteiger partial charge on any atom is -0.454 e. The molecule has 0 bridgehead atoms. The van der Waals surface area contributed by atoms with E-state index < -0.39 is 10.0 Å². The molecule has 0 unspecified atom stereocenters. The van der Waals surface area contributed by atoms with E-state index in [-0.39, 0.29) is 23.6 Å². The number of sulfonamides is 1. The summed E-state index contributed by atoms with van der Waals surface area (Å²) in [6.45, 7) is 1.62. The van der Waals surface area contributed by atoms with E-state index in [4.69, 9.17) is 9.47 Å². The maximum absolute atomic E-state index is 12.6. The highest BCUT2D eigenvalue weighted by molar-refractivity contribution is 7.92. The van der Waals surface area contributed by atoms with Crippen LogP contribution in [0.5, 0.6) is 11.5 Å². The Hall–Kier alpha value is -2.74. The number of ether oxygens (including phenoxy) is 2. The minimum atomic E-state index is -3.75. The molecule has 2 aliphatic rings. The zero-order chi connectivity index (χ0) is 18.3. The van der Waals surface area contributed by atoms with Crippen molar-refractivity contribution >= 4 is 27.3 Å². The van der Waals surface area contributed by atoms with E-state index in [2.05, 4.69) is 4.72 Å². The number of hydrogen-bond acceptors (Lipinski definition) is 5. The first-order valence-electron chi connectivity index (χ1n) is 8.26. The normalized spacial score (nSPS) is 15.6. The molecule has 2 aromatic rings. The molecule has 1 saturated carbocycles. The van der Waals surface area contributed by atoms with Crippen molar-refractivity contribution in [2.75, 3.05) is 16.4 Å². The van der Waals surface area contributed by atoms with Gasteiger partial charge in [-0.25, -0.2) is 8.42 Å². The molecule has 1 amide bonds. The van der Waals surface area contributed by atoms with Gasteiger partial charge in [-0.2, -0.15) is 0 Å². The van der Waals surface area contributed by atoms with Crippen LogP contribution < -0.4 is 19.1 Å². The Bertz CT molecular complexity index is 952. The average molecular weight is 374 g/mol. The second-order valence-electron chi connectivity index (χ2n) is 6.29. The fourth-order valence-electron chi connectivity index (χ4n) is 2.93. The van der Waals surface area contributed by atoms with Crippen molar-refractivity contribution in [1.82, 2.24) is 0 Å². The van der Waals surface area contributed by atoms with E-state index >= 15 is 0 Å². The van der Waals surface area contributed by atoms with Crippen LogP contribution in [0.1, 0.15) is 19.8 Å². The zero-order valence-electron chi connectivity index (χ0n) is 14.1. The molecular formula is C18H18N2O5S. The Morgan fingerprint density at radius 2 is 1.77 bits per heavy atom. The van der Waals surface area contributed by atoms with Crippen molar-refractivity contribution in [1.29, 1.82) is 0 Å². The van der Waals surface area contributed by atoms with E-state index in [0.717, 1.165) is 18.5 Å². The molecule has 1 heterocycles. The summed E-state index contributed by atoms with van der Waals surface area (Å²) in [7, 11) is -3.75. The Kier molecular flexibility index (Phi) is 3.99. The predicted molar refractivity (Wildman–Crippen MR) is 96.0 cm³/mol. The summed E-state index contributed by atoms with van der Waals surface area (Å²) in [6, 6.07) is 11.5. The lowest BCUT2D eigenvalue weighted by molar-refractivity contribution is -0.116. The maximum Gasteiger partial charge on any atom is 0.262 e. The van der Waals surface area contributed by atoms with Crippen LogP contribution in [0, 0.1) is 0 Å². The van der Waals surface area contributed by atoms with Crippen LogP contribution >= 0.6 is 0 Å². The van der Waals surface area contributed by atoms with Crippen LogP contribution in [-0.4, -0.2) is 27.2 Å². The number of hydrogen-bond donors (Lipinski definition) is 1. The lowest BCUT2D eigenvalue weighted by atomic mass is 10.2. The number of amides is 1. The average Bonchev–Trinajstić information content (AvgIpc) is 3.31. The molecule has 7 nitrogen and oxygen atoms in total. The fourth-order valence-corrected chi connectivity index (χ4v) is 4.00. The molecule has 1 aliphatic carbocycles. The molecule has 136 valence electrons. The summed E-state index contributed by atoms with van der Waals surface area (Å²) < 4.78 is 38.1. The van der Waals surface area contributed by atoms with Crippen LogP contribution in [-0.2, 0) is 14.8 Å². The number of nitrogens with zero attached hydrogens (tertiary/aromatic N) is 1. The Labute approximate surface area is 151 Å². The minimum absolute atomic E-state index is 0.0128. The highest BCUT2D eigenvalue weighted by Gasteiger charge is 2.32. The first-order valence-corrected chi connectivity index (χ1v) is 9.75. The molecule has 1 aliphatic heterocycles. The third-order valence-electron chi connectivity index (χ3n) is 4.30. The Morgan fingerprint density at radius 1 is 1.08 bits per heavy atom. The SMILES string of the molecule is CC(=O)N(c1ccc(NS(=O)(=O)c2ccc3c(c2)OCO3)cc1)C1CC1. The molecule has 0 spiro atoms. The fraction of sp³-hybridized carbons (Fsp3) is 0.278. The molecular weight excluding hydrogens is 356 g/mol. The molecule has 0 radical (unpaired) electrons. The topological polar surface area (TPSA) is 84.9 Å². The van der Waals surface area contributed by atoms with Gasteiger partial charge in [0.05, 0.1) is 4.90 Å². The van der Waals surface area contributed by atoms with Gasteiger partial charge >= 0.3 is 0 Å². The third kappa shape index (κ3) is 3.20. The molecule has 8 heteroatoms. The molecule has 26 heavy (non-hydrogen) atoms. The van der Waals surface area contributed by atoms with Crippen LogP contribution in [0.4, 0.5) is 11.4 Å². The smallest absolute Gasteiger partial charge is 0.262 e. The molecule has 4 rings (SSSR count). The monoisotopic (exact) mass is 374 g/mol. The van der Waals surface area contributed by atoms with Crippen LogP contribution in [0.25, 0.3) is 0 Å². The van der Waals surface area contributed by atoms with Gasteiger partial charge in [0.2, 0.25) is 12.7 Å². The van der Waals surface area contributed by atoms with Crippen molar-refractivity contribution in [3.63, 3.8) is 0 Å². The van der Waals surface area contributed by atoms with Gasteiger partial charge in [0.15, 0.2) is 11.5 Å². The number of carbonyl (C=O) groups excluding carboxylic acids is 1. The van der Waals surface area contributed by atoms with Gasteiger partial charge in [0.25, 0.3) is 10.0 Å². The molecule has 2 aromatic carbocycles. The largest absolute Gasteiger partial charge is 0.454 e. The quantitative estimate of drug-likeness (QED) is 0.870. The van der Waals surface area contributed by atoms with Crippen molar-refractivity contribution < 1.29 is 22.7 Å². The molecule has 0 aromatic heterocycles. The summed E-state index contributed by atoms with van der Waals surface area (Å²) in [5.41, 5.74) is 1.19. The second kappa shape index (κ2) is 6.21.